The summed E-state index contributed by atoms with van der Waals surface area (Å²) in [4.78, 5) is 37.6. The van der Waals surface area contributed by atoms with Crippen LogP contribution in [0.25, 0.3) is 0 Å². The fraction of sp³-hybridized carbons (Fsp3) is 0.500. The Morgan fingerprint density at radius 2 is 1.88 bits per heavy atom. The molecule has 0 saturated carbocycles. The Bertz CT molecular complexity index is 727. The van der Waals surface area contributed by atoms with Gasteiger partial charge in [-0.1, -0.05) is 0 Å². The zero-order chi connectivity index (χ0) is 17.4. The van der Waals surface area contributed by atoms with E-state index in [1.165, 1.54) is 0 Å². The molecule has 3 N–H and O–H groups in total. The number of anilines is 1. The Balaban J connectivity index is 1.49. The first kappa shape index (κ1) is 16.1. The van der Waals surface area contributed by atoms with E-state index in [0.29, 0.717) is 24.6 Å². The molecule has 0 radical (unpaired) electrons. The van der Waals surface area contributed by atoms with Gasteiger partial charge in [0.1, 0.15) is 6.04 Å². The molecular weight excluding hydrogens is 320 g/mol. The predicted molar refractivity (Wildman–Crippen MR) is 92.0 cm³/mol. The summed E-state index contributed by atoms with van der Waals surface area (Å²) in [6.07, 6.45) is 2.83. The van der Waals surface area contributed by atoms with Crippen molar-refractivity contribution in [1.29, 1.82) is 0 Å². The van der Waals surface area contributed by atoms with Crippen LogP contribution in [0.15, 0.2) is 18.2 Å². The first-order chi connectivity index (χ1) is 12.1. The van der Waals surface area contributed by atoms with Gasteiger partial charge in [-0.25, -0.2) is 0 Å². The molecule has 3 heterocycles. The topological polar surface area (TPSA) is 90.5 Å². The van der Waals surface area contributed by atoms with Crippen LogP contribution >= 0.6 is 0 Å². The molecule has 132 valence electrons. The van der Waals surface area contributed by atoms with Crippen molar-refractivity contribution in [2.75, 3.05) is 18.4 Å². The number of hydrogen-bond donors (Lipinski definition) is 3. The highest BCUT2D eigenvalue weighted by Gasteiger charge is 2.39. The van der Waals surface area contributed by atoms with Crippen molar-refractivity contribution >= 4 is 23.4 Å². The number of carbonyl (C=O) groups excluding carboxylic acids is 3. The van der Waals surface area contributed by atoms with E-state index in [9.17, 15) is 14.4 Å². The van der Waals surface area contributed by atoms with Crippen molar-refractivity contribution in [1.82, 2.24) is 15.5 Å². The molecule has 1 aromatic carbocycles. The highest BCUT2D eigenvalue weighted by molar-refractivity contribution is 6.05. The second-order valence-corrected chi connectivity index (χ2v) is 6.94. The van der Waals surface area contributed by atoms with Gasteiger partial charge < -0.3 is 15.5 Å². The molecule has 0 aromatic heterocycles. The van der Waals surface area contributed by atoms with Gasteiger partial charge in [0, 0.05) is 30.3 Å². The maximum atomic E-state index is 12.7. The zero-order valence-electron chi connectivity index (χ0n) is 14.0. The van der Waals surface area contributed by atoms with Crippen molar-refractivity contribution in [3.05, 3.63) is 29.3 Å². The maximum absolute atomic E-state index is 12.7. The van der Waals surface area contributed by atoms with Crippen molar-refractivity contribution in [2.45, 2.75) is 44.3 Å². The molecule has 3 amide bonds. The molecular formula is C18H22N4O3. The monoisotopic (exact) mass is 342 g/mol. The Labute approximate surface area is 146 Å². The number of amides is 3. The molecule has 0 spiro atoms. The number of fused-ring (bicyclic) bond motifs is 1. The Kier molecular flexibility index (Phi) is 4.17. The third kappa shape index (κ3) is 3.11. The van der Waals surface area contributed by atoms with Crippen LogP contribution in [0, 0.1) is 0 Å². The largest absolute Gasteiger partial charge is 0.382 e. The summed E-state index contributed by atoms with van der Waals surface area (Å²) in [5, 5.41) is 9.21. The summed E-state index contributed by atoms with van der Waals surface area (Å²) >= 11 is 0. The Hall–Kier alpha value is -2.41. The molecule has 3 aliphatic heterocycles. The number of benzene rings is 1. The molecule has 2 fully saturated rings. The van der Waals surface area contributed by atoms with E-state index in [2.05, 4.69) is 16.0 Å². The van der Waals surface area contributed by atoms with Crippen LogP contribution in [-0.2, 0) is 16.1 Å². The standard InChI is InChI=1S/C18H22N4O3/c23-16-4-3-15(17(24)21-16)22-10-11-9-13(1-2-14(11)18(22)25)20-12-5-7-19-8-6-12/h1-2,9,12,15,19-20H,3-8,10H2,(H,21,23,24). The molecule has 2 saturated heterocycles. The van der Waals surface area contributed by atoms with Crippen molar-refractivity contribution in [3.63, 3.8) is 0 Å². The molecule has 7 nitrogen and oxygen atoms in total. The summed E-state index contributed by atoms with van der Waals surface area (Å²) in [7, 11) is 0. The summed E-state index contributed by atoms with van der Waals surface area (Å²) < 4.78 is 0. The molecule has 1 aromatic rings. The van der Waals surface area contributed by atoms with Crippen LogP contribution in [-0.4, -0.2) is 47.8 Å². The molecule has 0 aliphatic carbocycles. The molecule has 3 aliphatic rings. The first-order valence-corrected chi connectivity index (χ1v) is 8.86. The summed E-state index contributed by atoms with van der Waals surface area (Å²) in [5.74, 6) is -0.762. The summed E-state index contributed by atoms with van der Waals surface area (Å²) in [6.45, 7) is 2.46. The lowest BCUT2D eigenvalue weighted by Crippen LogP contribution is -2.52. The Morgan fingerprint density at radius 3 is 2.64 bits per heavy atom. The minimum absolute atomic E-state index is 0.127. The van der Waals surface area contributed by atoms with Gasteiger partial charge in [0.15, 0.2) is 0 Å². The lowest BCUT2D eigenvalue weighted by Gasteiger charge is -2.29. The van der Waals surface area contributed by atoms with Crippen molar-refractivity contribution in [3.8, 4) is 0 Å². The minimum Gasteiger partial charge on any atom is -0.382 e. The maximum Gasteiger partial charge on any atom is 0.255 e. The number of rotatable bonds is 3. The third-order valence-corrected chi connectivity index (χ3v) is 5.23. The molecule has 4 rings (SSSR count). The van der Waals surface area contributed by atoms with E-state index in [0.717, 1.165) is 37.2 Å². The van der Waals surface area contributed by atoms with Crippen molar-refractivity contribution in [2.24, 2.45) is 0 Å². The number of piperidine rings is 2. The third-order valence-electron chi connectivity index (χ3n) is 5.23. The van der Waals surface area contributed by atoms with E-state index in [4.69, 9.17) is 0 Å². The number of nitrogens with zero attached hydrogens (tertiary/aromatic N) is 1. The molecule has 1 unspecified atom stereocenters. The smallest absolute Gasteiger partial charge is 0.255 e. The SMILES string of the molecule is O=C1CCC(N2Cc3cc(NC4CCNCC4)ccc3C2=O)C(=O)N1. The summed E-state index contributed by atoms with van der Waals surface area (Å²) in [5.41, 5.74) is 2.61. The Morgan fingerprint density at radius 1 is 1.08 bits per heavy atom. The van der Waals surface area contributed by atoms with Gasteiger partial charge in [-0.3, -0.25) is 19.7 Å². The van der Waals surface area contributed by atoms with E-state index < -0.39 is 6.04 Å². The quantitative estimate of drug-likeness (QED) is 0.700. The van der Waals surface area contributed by atoms with Crippen LogP contribution in [0.4, 0.5) is 5.69 Å². The van der Waals surface area contributed by atoms with Gasteiger partial charge in [0.2, 0.25) is 11.8 Å². The minimum atomic E-state index is -0.557. The number of imide groups is 1. The van der Waals surface area contributed by atoms with Gasteiger partial charge >= 0.3 is 0 Å². The number of nitrogens with one attached hydrogen (secondary N) is 3. The fourth-order valence-electron chi connectivity index (χ4n) is 3.87. The molecule has 0 bridgehead atoms. The number of hydrogen-bond acceptors (Lipinski definition) is 5. The van der Waals surface area contributed by atoms with Crippen LogP contribution in [0.2, 0.25) is 0 Å². The normalized spacial score (nSPS) is 24.2. The van der Waals surface area contributed by atoms with Crippen LogP contribution in [0.1, 0.15) is 41.6 Å². The lowest BCUT2D eigenvalue weighted by atomic mass is 10.0. The van der Waals surface area contributed by atoms with Crippen LogP contribution in [0.3, 0.4) is 0 Å². The molecule has 25 heavy (non-hydrogen) atoms. The lowest BCUT2D eigenvalue weighted by molar-refractivity contribution is -0.136. The average molecular weight is 342 g/mol. The zero-order valence-corrected chi connectivity index (χ0v) is 14.0. The highest BCUT2D eigenvalue weighted by atomic mass is 16.2. The number of carbonyl (C=O) groups is 3. The summed E-state index contributed by atoms with van der Waals surface area (Å²) in [6, 6.07) is 5.68. The second kappa shape index (κ2) is 6.48. The van der Waals surface area contributed by atoms with Crippen LogP contribution < -0.4 is 16.0 Å². The van der Waals surface area contributed by atoms with Gasteiger partial charge in [-0.15, -0.1) is 0 Å². The van der Waals surface area contributed by atoms with Gasteiger partial charge in [-0.2, -0.15) is 0 Å². The van der Waals surface area contributed by atoms with Gasteiger partial charge in [0.25, 0.3) is 5.91 Å². The highest BCUT2D eigenvalue weighted by Crippen LogP contribution is 2.29. The van der Waals surface area contributed by atoms with E-state index in [1.54, 1.807) is 4.90 Å². The van der Waals surface area contributed by atoms with Crippen LogP contribution in [0.5, 0.6) is 0 Å². The predicted octanol–water partition coefficient (Wildman–Crippen LogP) is 0.612. The second-order valence-electron chi connectivity index (χ2n) is 6.94. The van der Waals surface area contributed by atoms with E-state index in [-0.39, 0.29) is 24.1 Å². The fourth-order valence-corrected chi connectivity index (χ4v) is 3.87. The van der Waals surface area contributed by atoms with Gasteiger partial charge in [0.05, 0.1) is 0 Å². The van der Waals surface area contributed by atoms with Crippen molar-refractivity contribution < 1.29 is 14.4 Å². The van der Waals surface area contributed by atoms with E-state index in [1.807, 2.05) is 18.2 Å². The van der Waals surface area contributed by atoms with Gasteiger partial charge in [-0.05, 0) is 56.1 Å². The van der Waals surface area contributed by atoms with E-state index >= 15 is 0 Å². The average Bonchev–Trinajstić information content (AvgIpc) is 2.92. The first-order valence-electron chi connectivity index (χ1n) is 8.86. The molecule has 1 atom stereocenters. The molecule has 7 heteroatoms.